The van der Waals surface area contributed by atoms with Gasteiger partial charge in [-0.3, -0.25) is 4.79 Å². The fourth-order valence-corrected chi connectivity index (χ4v) is 4.18. The van der Waals surface area contributed by atoms with Crippen molar-refractivity contribution in [3.8, 4) is 5.69 Å². The van der Waals surface area contributed by atoms with Crippen LogP contribution in [0.15, 0.2) is 55.1 Å². The highest BCUT2D eigenvalue weighted by Crippen LogP contribution is 2.53. The normalized spacial score (nSPS) is 17.2. The third kappa shape index (κ3) is 2.11. The third-order valence-corrected chi connectivity index (χ3v) is 5.63. The Morgan fingerprint density at radius 2 is 1.92 bits per heavy atom. The molecule has 0 N–H and O–H groups in total. The molecule has 130 valence electrons. The maximum absolute atomic E-state index is 14.5. The van der Waals surface area contributed by atoms with Crippen molar-refractivity contribution < 1.29 is 9.18 Å². The number of hydrogen-bond acceptors (Lipinski definition) is 3. The van der Waals surface area contributed by atoms with E-state index in [4.69, 9.17) is 0 Å². The van der Waals surface area contributed by atoms with Crippen LogP contribution >= 0.6 is 0 Å². The molecule has 0 atom stereocenters. The summed E-state index contributed by atoms with van der Waals surface area (Å²) in [5.41, 5.74) is 2.66. The fraction of sp³-hybridized carbons (Fsp3) is 0.250. The number of fused-ring (bicyclic) bond motifs is 2. The summed E-state index contributed by atoms with van der Waals surface area (Å²) < 4.78 is 16.1. The average Bonchev–Trinajstić information content (AvgIpc) is 3.28. The van der Waals surface area contributed by atoms with Crippen molar-refractivity contribution in [2.75, 3.05) is 11.4 Å². The summed E-state index contributed by atoms with van der Waals surface area (Å²) in [5.74, 6) is -0.287. The molecular formula is C20H17FN4O. The van der Waals surface area contributed by atoms with E-state index in [1.54, 1.807) is 34.1 Å². The van der Waals surface area contributed by atoms with E-state index in [0.29, 0.717) is 12.1 Å². The number of carbonyl (C=O) groups excluding carboxylic acids is 1. The van der Waals surface area contributed by atoms with E-state index in [-0.39, 0.29) is 17.1 Å². The summed E-state index contributed by atoms with van der Waals surface area (Å²) in [6, 6.07) is 12.3. The van der Waals surface area contributed by atoms with Gasteiger partial charge in [0, 0.05) is 23.1 Å². The molecule has 1 amide bonds. The summed E-state index contributed by atoms with van der Waals surface area (Å²) in [6.07, 6.45) is 6.04. The van der Waals surface area contributed by atoms with E-state index in [1.807, 2.05) is 18.2 Å². The van der Waals surface area contributed by atoms with Crippen LogP contribution < -0.4 is 4.90 Å². The minimum atomic E-state index is -0.197. The Bertz CT molecular complexity index is 978. The van der Waals surface area contributed by atoms with Crippen LogP contribution in [0.1, 0.15) is 35.2 Å². The van der Waals surface area contributed by atoms with Gasteiger partial charge in [0.25, 0.3) is 5.91 Å². The van der Waals surface area contributed by atoms with Gasteiger partial charge in [-0.25, -0.2) is 14.1 Å². The van der Waals surface area contributed by atoms with Crippen LogP contribution in [0, 0.1) is 5.82 Å². The molecule has 26 heavy (non-hydrogen) atoms. The lowest BCUT2D eigenvalue weighted by Crippen LogP contribution is -2.41. The molecule has 2 heterocycles. The lowest BCUT2D eigenvalue weighted by atomic mass is 9.65. The van der Waals surface area contributed by atoms with Crippen molar-refractivity contribution in [2.24, 2.45) is 0 Å². The van der Waals surface area contributed by atoms with Gasteiger partial charge in [-0.05, 0) is 49.2 Å². The third-order valence-electron chi connectivity index (χ3n) is 5.63. The van der Waals surface area contributed by atoms with Crippen molar-refractivity contribution in [1.29, 1.82) is 0 Å². The Hall–Kier alpha value is -3.02. The molecular weight excluding hydrogens is 331 g/mol. The molecule has 2 aliphatic rings. The fourth-order valence-electron chi connectivity index (χ4n) is 4.18. The van der Waals surface area contributed by atoms with Gasteiger partial charge in [0.2, 0.25) is 0 Å². The van der Waals surface area contributed by atoms with Gasteiger partial charge < -0.3 is 4.90 Å². The molecule has 1 aliphatic heterocycles. The SMILES string of the molecule is O=C(c1ccc(-n2cncn2)cc1)N1CC2(CCC2)c2c(F)cccc21. The standard InChI is InChI=1S/C20H17FN4O/c21-16-3-1-4-17-18(16)20(9-2-10-20)11-24(17)19(26)14-5-7-15(8-6-14)25-13-22-12-23-25/h1,3-8,12-13H,2,9-11H2. The molecule has 2 aromatic carbocycles. The minimum Gasteiger partial charge on any atom is -0.307 e. The first-order chi connectivity index (χ1) is 12.7. The van der Waals surface area contributed by atoms with Gasteiger partial charge in [-0.2, -0.15) is 5.10 Å². The van der Waals surface area contributed by atoms with Crippen molar-refractivity contribution >= 4 is 11.6 Å². The molecule has 5 nitrogen and oxygen atoms in total. The van der Waals surface area contributed by atoms with Crippen LogP contribution in [0.4, 0.5) is 10.1 Å². The monoisotopic (exact) mass is 348 g/mol. The number of benzene rings is 2. The number of carbonyl (C=O) groups is 1. The second-order valence-electron chi connectivity index (χ2n) is 7.05. The van der Waals surface area contributed by atoms with Gasteiger partial charge in [0.1, 0.15) is 18.5 Å². The number of anilines is 1. The number of aromatic nitrogens is 3. The molecule has 0 bridgehead atoms. The van der Waals surface area contributed by atoms with Crippen molar-refractivity contribution in [1.82, 2.24) is 14.8 Å². The van der Waals surface area contributed by atoms with Crippen molar-refractivity contribution in [3.63, 3.8) is 0 Å². The molecule has 1 aliphatic carbocycles. The predicted molar refractivity (Wildman–Crippen MR) is 95.0 cm³/mol. The Balaban J connectivity index is 1.49. The smallest absolute Gasteiger partial charge is 0.258 e. The number of halogens is 1. The van der Waals surface area contributed by atoms with E-state index in [0.717, 1.165) is 36.2 Å². The highest BCUT2D eigenvalue weighted by Gasteiger charge is 2.50. The van der Waals surface area contributed by atoms with Crippen molar-refractivity contribution in [2.45, 2.75) is 24.7 Å². The minimum absolute atomic E-state index is 0.0919. The summed E-state index contributed by atoms with van der Waals surface area (Å²) in [5, 5.41) is 4.08. The molecule has 5 rings (SSSR count). The lowest BCUT2D eigenvalue weighted by Gasteiger charge is -2.39. The van der Waals surface area contributed by atoms with Crippen LogP contribution in [0.2, 0.25) is 0 Å². The quantitative estimate of drug-likeness (QED) is 0.712. The first-order valence-corrected chi connectivity index (χ1v) is 8.74. The Kier molecular flexibility index (Phi) is 3.22. The molecule has 1 aromatic heterocycles. The highest BCUT2D eigenvalue weighted by molar-refractivity contribution is 6.08. The number of hydrogen-bond donors (Lipinski definition) is 0. The molecule has 0 unspecified atom stereocenters. The van der Waals surface area contributed by atoms with Crippen LogP contribution in [-0.4, -0.2) is 27.2 Å². The molecule has 6 heteroatoms. The summed E-state index contributed by atoms with van der Waals surface area (Å²) >= 11 is 0. The van der Waals surface area contributed by atoms with Crippen LogP contribution in [0.3, 0.4) is 0 Å². The number of nitrogens with zero attached hydrogens (tertiary/aromatic N) is 4. The van der Waals surface area contributed by atoms with Crippen LogP contribution in [0.5, 0.6) is 0 Å². The maximum Gasteiger partial charge on any atom is 0.258 e. The largest absolute Gasteiger partial charge is 0.307 e. The van der Waals surface area contributed by atoms with E-state index in [1.165, 1.54) is 12.4 Å². The highest BCUT2D eigenvalue weighted by atomic mass is 19.1. The van der Waals surface area contributed by atoms with Gasteiger partial charge in [-0.15, -0.1) is 0 Å². The molecule has 3 aromatic rings. The van der Waals surface area contributed by atoms with E-state index >= 15 is 0 Å². The van der Waals surface area contributed by atoms with E-state index < -0.39 is 0 Å². The van der Waals surface area contributed by atoms with Crippen molar-refractivity contribution in [3.05, 3.63) is 72.1 Å². The summed E-state index contributed by atoms with van der Waals surface area (Å²) in [4.78, 5) is 18.8. The first kappa shape index (κ1) is 15.3. The molecule has 1 fully saturated rings. The topological polar surface area (TPSA) is 51.0 Å². The molecule has 0 saturated heterocycles. The lowest BCUT2D eigenvalue weighted by molar-refractivity contribution is 0.0979. The molecule has 1 saturated carbocycles. The van der Waals surface area contributed by atoms with E-state index in [9.17, 15) is 9.18 Å². The zero-order valence-electron chi connectivity index (χ0n) is 14.1. The van der Waals surface area contributed by atoms with Crippen LogP contribution in [0.25, 0.3) is 5.69 Å². The second kappa shape index (κ2) is 5.49. The van der Waals surface area contributed by atoms with Crippen LogP contribution in [-0.2, 0) is 5.41 Å². The first-order valence-electron chi connectivity index (χ1n) is 8.74. The second-order valence-corrected chi connectivity index (χ2v) is 7.05. The average molecular weight is 348 g/mol. The Morgan fingerprint density at radius 3 is 2.58 bits per heavy atom. The van der Waals surface area contributed by atoms with Gasteiger partial charge in [0.05, 0.1) is 11.4 Å². The van der Waals surface area contributed by atoms with Gasteiger partial charge >= 0.3 is 0 Å². The van der Waals surface area contributed by atoms with Gasteiger partial charge in [-0.1, -0.05) is 12.5 Å². The number of rotatable bonds is 2. The zero-order chi connectivity index (χ0) is 17.7. The van der Waals surface area contributed by atoms with Gasteiger partial charge in [0.15, 0.2) is 0 Å². The maximum atomic E-state index is 14.5. The Morgan fingerprint density at radius 1 is 1.12 bits per heavy atom. The predicted octanol–water partition coefficient (Wildman–Crippen LogP) is 3.49. The molecule has 1 spiro atoms. The summed E-state index contributed by atoms with van der Waals surface area (Å²) in [6.45, 7) is 0.562. The zero-order valence-corrected chi connectivity index (χ0v) is 14.1. The van der Waals surface area contributed by atoms with E-state index in [2.05, 4.69) is 10.1 Å². The summed E-state index contributed by atoms with van der Waals surface area (Å²) in [7, 11) is 0. The molecule has 0 radical (unpaired) electrons. The Labute approximate surface area is 150 Å². The number of amides is 1.